The molecule has 17 heteroatoms. The summed E-state index contributed by atoms with van der Waals surface area (Å²) < 4.78 is 52.7. The van der Waals surface area contributed by atoms with E-state index in [0.717, 1.165) is 88.1 Å². The first-order valence-corrected chi connectivity index (χ1v) is 28.6. The third-order valence-corrected chi connectivity index (χ3v) is 18.6. The van der Waals surface area contributed by atoms with Gasteiger partial charge < -0.3 is 25.0 Å². The number of benzene rings is 4. The molecular weight excluding hydrogens is 984 g/mol. The third kappa shape index (κ3) is 11.1. The van der Waals surface area contributed by atoms with E-state index in [9.17, 15) is 28.4 Å². The minimum Gasteiger partial charge on any atom is -0.455 e. The number of pyridine rings is 1. The zero-order valence-corrected chi connectivity index (χ0v) is 44.5. The van der Waals surface area contributed by atoms with E-state index in [1.54, 1.807) is 19.2 Å². The van der Waals surface area contributed by atoms with Gasteiger partial charge in [-0.25, -0.2) is 22.5 Å². The smallest absolute Gasteiger partial charge is 0.293 e. The van der Waals surface area contributed by atoms with Gasteiger partial charge in [0.25, 0.3) is 21.6 Å². The van der Waals surface area contributed by atoms with Gasteiger partial charge in [-0.05, 0) is 147 Å². The van der Waals surface area contributed by atoms with Crippen molar-refractivity contribution in [2.24, 2.45) is 11.3 Å². The molecule has 400 valence electrons. The molecule has 1 spiro atoms. The number of hydrogen-bond acceptors (Lipinski definition) is 12. The maximum Gasteiger partial charge on any atom is 0.293 e. The molecule has 2 aliphatic heterocycles. The van der Waals surface area contributed by atoms with Crippen LogP contribution in [0.25, 0.3) is 11.0 Å². The van der Waals surface area contributed by atoms with Crippen LogP contribution in [-0.4, -0.2) is 95.0 Å². The molecule has 3 saturated carbocycles. The largest absolute Gasteiger partial charge is 0.455 e. The van der Waals surface area contributed by atoms with Gasteiger partial charge in [0, 0.05) is 81.6 Å². The number of aromatic amines is 1. The fourth-order valence-corrected chi connectivity index (χ4v) is 13.5. The molecule has 0 bridgehead atoms. The molecule has 0 unspecified atom stereocenters. The molecule has 4 heterocycles. The second kappa shape index (κ2) is 20.9. The highest BCUT2D eigenvalue weighted by molar-refractivity contribution is 7.90. The number of ether oxygens (including phenoxy) is 1. The number of carbonyl (C=O) groups excluding carboxylic acids is 1. The number of aromatic nitrogens is 2. The van der Waals surface area contributed by atoms with Gasteiger partial charge in [-0.2, -0.15) is 0 Å². The third-order valence-electron chi connectivity index (χ3n) is 17.3. The van der Waals surface area contributed by atoms with Crippen LogP contribution in [0, 0.1) is 27.3 Å². The standard InChI is InChI=1S/C59H69FN8O7S/c1-38(2)47-6-4-5-7-48(47)54-37-65(36-40-8-10-41(11-9-40)42-12-13-42)26-27-67(54)44-32-59(33-44)21-24-66(25-22-59)52-31-55(75-45-28-43-18-23-61-56(43)63-35-45)49(30-50(52)60)57(69)64-76(73,74)46-14-15-51(53(29-46)68(71)72)62-34-39-16-19-58(3,70)20-17-39/h4-11,14-15,18,23,28-31,35,38-39,42,44,54,62,70H,12-13,16-17,19-22,24-27,32-34,36-37H2,1-3H3,(H,61,63)(H,64,69)/t39?,54-,58?/m0/s1. The predicted octanol–water partition coefficient (Wildman–Crippen LogP) is 11.2. The number of piperazine rings is 1. The molecule has 1 amide bonds. The Bertz CT molecular complexity index is 3230. The molecule has 5 fully saturated rings. The number of halogens is 1. The quantitative estimate of drug-likeness (QED) is 0.0532. The maximum atomic E-state index is 16.6. The van der Waals surface area contributed by atoms with Crippen LogP contribution < -0.4 is 19.7 Å². The highest BCUT2D eigenvalue weighted by Crippen LogP contribution is 2.54. The van der Waals surface area contributed by atoms with Crippen molar-refractivity contribution in [3.05, 3.63) is 147 Å². The van der Waals surface area contributed by atoms with Gasteiger partial charge in [0.05, 0.1) is 32.9 Å². The Hall–Kier alpha value is -6.40. The van der Waals surface area contributed by atoms with E-state index in [2.05, 4.69) is 87.5 Å². The maximum absolute atomic E-state index is 16.6. The van der Waals surface area contributed by atoms with Gasteiger partial charge in [0.1, 0.15) is 28.7 Å². The number of aliphatic hydroxyl groups is 1. The number of amides is 1. The summed E-state index contributed by atoms with van der Waals surface area (Å²) in [5.74, 6) is -0.411. The monoisotopic (exact) mass is 1050 g/mol. The zero-order valence-electron chi connectivity index (χ0n) is 43.6. The van der Waals surface area contributed by atoms with Gasteiger partial charge in [-0.15, -0.1) is 0 Å². The Kier molecular flexibility index (Phi) is 14.2. The summed E-state index contributed by atoms with van der Waals surface area (Å²) in [5.41, 5.74) is 5.14. The van der Waals surface area contributed by atoms with Gasteiger partial charge in [-0.1, -0.05) is 62.4 Å². The normalized spacial score (nSPS) is 22.4. The van der Waals surface area contributed by atoms with Crippen molar-refractivity contribution >= 4 is 44.0 Å². The van der Waals surface area contributed by atoms with Gasteiger partial charge in [0.15, 0.2) is 0 Å². The Balaban J connectivity index is 0.787. The Morgan fingerprint density at radius 1 is 0.947 bits per heavy atom. The molecule has 2 aromatic heterocycles. The van der Waals surface area contributed by atoms with E-state index in [1.807, 2.05) is 15.7 Å². The van der Waals surface area contributed by atoms with Crippen LogP contribution >= 0.6 is 0 Å². The van der Waals surface area contributed by atoms with E-state index in [1.165, 1.54) is 59.5 Å². The second-order valence-corrected chi connectivity index (χ2v) is 24.7. The van der Waals surface area contributed by atoms with Crippen LogP contribution in [0.1, 0.15) is 135 Å². The molecule has 11 rings (SSSR count). The predicted molar refractivity (Wildman–Crippen MR) is 292 cm³/mol. The molecule has 76 heavy (non-hydrogen) atoms. The summed E-state index contributed by atoms with van der Waals surface area (Å²) in [6.07, 6.45) is 12.4. The molecule has 4 N–H and O–H groups in total. The lowest BCUT2D eigenvalue weighted by Gasteiger charge is -2.58. The van der Waals surface area contributed by atoms with Crippen LogP contribution in [0.3, 0.4) is 0 Å². The van der Waals surface area contributed by atoms with Crippen LogP contribution in [-0.2, 0) is 16.6 Å². The van der Waals surface area contributed by atoms with Crippen molar-refractivity contribution in [1.29, 1.82) is 0 Å². The van der Waals surface area contributed by atoms with Crippen molar-refractivity contribution in [3.63, 3.8) is 0 Å². The SMILES string of the molecule is CC(C)c1ccccc1[C@@H]1CN(Cc2ccc(C3CC3)cc2)CCN1C1CC2(CCN(c3cc(Oc4cnc5[nH]ccc5c4)c(C(=O)NS(=O)(=O)c4ccc(NCC5CCC(C)(O)CC5)c([N+](=O)[O-])c4)cc3F)CC2)C1. The van der Waals surface area contributed by atoms with Crippen molar-refractivity contribution in [2.75, 3.05) is 49.5 Å². The average Bonchev–Trinajstić information content (AvgIpc) is 4.19. The molecule has 0 radical (unpaired) electrons. The fraction of sp³-hybridized carbons (Fsp3) is 0.458. The van der Waals surface area contributed by atoms with Crippen molar-refractivity contribution in [2.45, 2.75) is 126 Å². The van der Waals surface area contributed by atoms with Crippen LogP contribution in [0.5, 0.6) is 11.5 Å². The number of piperidine rings is 1. The summed E-state index contributed by atoms with van der Waals surface area (Å²) in [5, 5.41) is 26.4. The van der Waals surface area contributed by atoms with E-state index in [-0.39, 0.29) is 45.8 Å². The van der Waals surface area contributed by atoms with Gasteiger partial charge >= 0.3 is 0 Å². The van der Waals surface area contributed by atoms with Gasteiger partial charge in [0.2, 0.25) is 0 Å². The van der Waals surface area contributed by atoms with E-state index < -0.39 is 42.9 Å². The Morgan fingerprint density at radius 2 is 1.70 bits per heavy atom. The lowest BCUT2D eigenvalue weighted by molar-refractivity contribution is -0.384. The number of sulfonamides is 1. The number of fused-ring (bicyclic) bond motifs is 1. The summed E-state index contributed by atoms with van der Waals surface area (Å²) in [4.78, 5) is 40.0. The summed E-state index contributed by atoms with van der Waals surface area (Å²) in [7, 11) is -4.72. The van der Waals surface area contributed by atoms with E-state index >= 15 is 4.39 Å². The number of H-pyrrole nitrogens is 1. The van der Waals surface area contributed by atoms with Crippen molar-refractivity contribution < 1.29 is 32.4 Å². The zero-order chi connectivity index (χ0) is 52.9. The molecule has 15 nitrogen and oxygen atoms in total. The lowest BCUT2D eigenvalue weighted by Crippen LogP contribution is -2.60. The highest BCUT2D eigenvalue weighted by Gasteiger charge is 2.50. The number of nitro benzene ring substituents is 1. The molecule has 3 aliphatic carbocycles. The minimum absolute atomic E-state index is 0.0818. The lowest BCUT2D eigenvalue weighted by atomic mass is 9.59. The summed E-state index contributed by atoms with van der Waals surface area (Å²) in [6, 6.07) is 28.3. The topological polar surface area (TPSA) is 186 Å². The Labute approximate surface area is 444 Å². The molecule has 1 atom stereocenters. The fourth-order valence-electron chi connectivity index (χ4n) is 12.5. The first-order chi connectivity index (χ1) is 36.5. The van der Waals surface area contributed by atoms with Crippen molar-refractivity contribution in [3.8, 4) is 11.5 Å². The summed E-state index contributed by atoms with van der Waals surface area (Å²) in [6.45, 7) is 11.8. The molecule has 4 aromatic carbocycles. The van der Waals surface area contributed by atoms with Crippen molar-refractivity contribution in [1.82, 2.24) is 24.5 Å². The number of anilines is 2. The molecule has 2 saturated heterocycles. The minimum atomic E-state index is -4.72. The first-order valence-electron chi connectivity index (χ1n) is 27.2. The Morgan fingerprint density at radius 3 is 2.42 bits per heavy atom. The molecule has 5 aliphatic rings. The number of nitrogens with zero attached hydrogens (tertiary/aromatic N) is 5. The van der Waals surface area contributed by atoms with E-state index in [4.69, 9.17) is 4.74 Å². The number of rotatable bonds is 16. The molecular formula is C59H69FN8O7S. The number of nitro groups is 1. The van der Waals surface area contributed by atoms with Crippen LogP contribution in [0.2, 0.25) is 0 Å². The first kappa shape index (κ1) is 51.7. The molecule has 6 aromatic rings. The average molecular weight is 1050 g/mol. The summed E-state index contributed by atoms with van der Waals surface area (Å²) >= 11 is 0. The number of carbonyl (C=O) groups is 1. The van der Waals surface area contributed by atoms with Gasteiger partial charge in [-0.3, -0.25) is 24.7 Å². The number of nitrogens with one attached hydrogen (secondary N) is 3. The highest BCUT2D eigenvalue weighted by atomic mass is 32.2. The van der Waals surface area contributed by atoms with Crippen LogP contribution in [0.4, 0.5) is 21.5 Å². The second-order valence-electron chi connectivity index (χ2n) is 23.0. The number of hydrogen-bond donors (Lipinski definition) is 4. The van der Waals surface area contributed by atoms with Crippen LogP contribution in [0.15, 0.2) is 108 Å². The van der Waals surface area contributed by atoms with E-state index in [0.29, 0.717) is 50.1 Å².